The smallest absolute Gasteiger partial charge is 0.119 e. The third-order valence-corrected chi connectivity index (χ3v) is 5.18. The zero-order chi connectivity index (χ0) is 19.3. The van der Waals surface area contributed by atoms with Gasteiger partial charge in [-0.2, -0.15) is 0 Å². The van der Waals surface area contributed by atoms with E-state index in [1.54, 1.807) is 7.11 Å². The van der Waals surface area contributed by atoms with Crippen molar-refractivity contribution in [2.24, 2.45) is 0 Å². The summed E-state index contributed by atoms with van der Waals surface area (Å²) in [5.74, 6) is 1.19. The normalized spacial score (nSPS) is 11.8. The van der Waals surface area contributed by atoms with Gasteiger partial charge in [-0.25, -0.2) is 0 Å². The van der Waals surface area contributed by atoms with Crippen molar-refractivity contribution in [3.8, 4) is 5.75 Å². The lowest BCUT2D eigenvalue weighted by Gasteiger charge is -2.14. The van der Waals surface area contributed by atoms with Crippen LogP contribution in [-0.2, 0) is 0 Å². The van der Waals surface area contributed by atoms with E-state index in [1.165, 1.54) is 33.0 Å². The Kier molecular flexibility index (Phi) is 5.25. The molecule has 138 valence electrons. The molecule has 28 heavy (non-hydrogen) atoms. The summed E-state index contributed by atoms with van der Waals surface area (Å²) in [6.07, 6.45) is 2.37. The Balaban J connectivity index is 1.75. The largest absolute Gasteiger partial charge is 0.497 e. The van der Waals surface area contributed by atoms with Crippen molar-refractivity contribution in [3.63, 3.8) is 0 Å². The van der Waals surface area contributed by atoms with Crippen molar-refractivity contribution >= 4 is 16.3 Å². The van der Waals surface area contributed by atoms with Gasteiger partial charge in [-0.05, 0) is 51.1 Å². The minimum absolute atomic E-state index is 0.293. The number of rotatable bonds is 5. The van der Waals surface area contributed by atoms with Crippen LogP contribution in [0.5, 0.6) is 5.75 Å². The minimum Gasteiger partial charge on any atom is -0.497 e. The highest BCUT2D eigenvalue weighted by atomic mass is 16.5. The average Bonchev–Trinajstić information content (AvgIpc) is 2.77. The van der Waals surface area contributed by atoms with Gasteiger partial charge in [0, 0.05) is 0 Å². The molecule has 0 bridgehead atoms. The van der Waals surface area contributed by atoms with Gasteiger partial charge in [-0.3, -0.25) is 0 Å². The molecule has 0 aliphatic carbocycles. The van der Waals surface area contributed by atoms with Crippen LogP contribution in [0.25, 0.3) is 16.3 Å². The third-order valence-electron chi connectivity index (χ3n) is 5.18. The van der Waals surface area contributed by atoms with Crippen molar-refractivity contribution in [2.45, 2.75) is 12.8 Å². The Labute approximate surface area is 166 Å². The first-order valence-corrected chi connectivity index (χ1v) is 9.65. The molecule has 0 spiro atoms. The molecule has 1 nitrogen and oxygen atoms in total. The van der Waals surface area contributed by atoms with E-state index >= 15 is 0 Å². The molecule has 0 amide bonds. The Morgan fingerprint density at radius 2 is 1.29 bits per heavy atom. The summed E-state index contributed by atoms with van der Waals surface area (Å²) in [5, 5.41) is 2.44. The van der Waals surface area contributed by atoms with Crippen LogP contribution in [0.3, 0.4) is 0 Å². The number of benzene rings is 4. The molecule has 1 atom stereocenters. The molecule has 0 aliphatic rings. The van der Waals surface area contributed by atoms with E-state index in [9.17, 15) is 0 Å². The van der Waals surface area contributed by atoms with E-state index in [0.29, 0.717) is 5.92 Å². The number of ether oxygens (including phenoxy) is 1. The van der Waals surface area contributed by atoms with Crippen molar-refractivity contribution in [3.05, 3.63) is 120 Å². The molecule has 0 saturated heterocycles. The van der Waals surface area contributed by atoms with Gasteiger partial charge in [-0.15, -0.1) is 0 Å². The van der Waals surface area contributed by atoms with E-state index in [4.69, 9.17) is 4.74 Å². The Hall–Kier alpha value is -3.32. The fourth-order valence-electron chi connectivity index (χ4n) is 3.59. The first-order chi connectivity index (χ1) is 13.7. The molecule has 1 heteroatoms. The summed E-state index contributed by atoms with van der Waals surface area (Å²) < 4.78 is 5.34. The third kappa shape index (κ3) is 3.84. The van der Waals surface area contributed by atoms with Gasteiger partial charge < -0.3 is 4.74 Å². The van der Waals surface area contributed by atoms with Crippen molar-refractivity contribution in [2.75, 3.05) is 7.11 Å². The summed E-state index contributed by atoms with van der Waals surface area (Å²) >= 11 is 0. The summed E-state index contributed by atoms with van der Waals surface area (Å²) in [6.45, 7) is 2.26. The number of hydrogen-bond donors (Lipinski definition) is 0. The number of allylic oxidation sites excluding steroid dienone is 1. The highest BCUT2D eigenvalue weighted by molar-refractivity contribution is 5.85. The molecular formula is C27H24O. The first-order valence-electron chi connectivity index (χ1n) is 9.65. The molecule has 0 saturated carbocycles. The second-order valence-corrected chi connectivity index (χ2v) is 7.07. The van der Waals surface area contributed by atoms with Gasteiger partial charge in [0.15, 0.2) is 0 Å². The molecule has 0 heterocycles. The van der Waals surface area contributed by atoms with Crippen LogP contribution in [0.4, 0.5) is 0 Å². The van der Waals surface area contributed by atoms with Crippen LogP contribution in [0.15, 0.2) is 103 Å². The van der Waals surface area contributed by atoms with E-state index in [2.05, 4.69) is 104 Å². The first kappa shape index (κ1) is 18.1. The predicted octanol–water partition coefficient (Wildman–Crippen LogP) is 7.08. The van der Waals surface area contributed by atoms with Crippen LogP contribution >= 0.6 is 0 Å². The SMILES string of the molecule is COc1ccc2cc([C@H](C)C=C(c3ccccc3)c3ccccc3)ccc2c1. The zero-order valence-electron chi connectivity index (χ0n) is 16.3. The van der Waals surface area contributed by atoms with Gasteiger partial charge in [0.25, 0.3) is 0 Å². The lowest BCUT2D eigenvalue weighted by atomic mass is 9.90. The van der Waals surface area contributed by atoms with Gasteiger partial charge in [0.1, 0.15) is 5.75 Å². The second-order valence-electron chi connectivity index (χ2n) is 7.07. The van der Waals surface area contributed by atoms with Crippen LogP contribution in [-0.4, -0.2) is 7.11 Å². The summed E-state index contributed by atoms with van der Waals surface area (Å²) in [5.41, 5.74) is 5.06. The van der Waals surface area contributed by atoms with E-state index < -0.39 is 0 Å². The van der Waals surface area contributed by atoms with Crippen LogP contribution in [0.1, 0.15) is 29.5 Å². The monoisotopic (exact) mass is 364 g/mol. The standard InChI is InChI=1S/C27H24O/c1-20(23-13-14-25-19-26(28-2)16-15-24(25)18-23)17-27(21-9-5-3-6-10-21)22-11-7-4-8-12-22/h3-20H,1-2H3/t20-/m1/s1. The molecule has 0 radical (unpaired) electrons. The second kappa shape index (κ2) is 8.14. The molecule has 0 aromatic heterocycles. The van der Waals surface area contributed by atoms with Gasteiger partial charge in [-0.1, -0.05) is 97.9 Å². The van der Waals surface area contributed by atoms with Crippen molar-refractivity contribution < 1.29 is 4.74 Å². The van der Waals surface area contributed by atoms with E-state index in [1.807, 2.05) is 6.07 Å². The lowest BCUT2D eigenvalue weighted by molar-refractivity contribution is 0.415. The van der Waals surface area contributed by atoms with Crippen LogP contribution in [0.2, 0.25) is 0 Å². The van der Waals surface area contributed by atoms with Gasteiger partial charge in [0.2, 0.25) is 0 Å². The molecule has 4 aromatic carbocycles. The maximum Gasteiger partial charge on any atom is 0.119 e. The van der Waals surface area contributed by atoms with Crippen LogP contribution in [0, 0.1) is 0 Å². The van der Waals surface area contributed by atoms with E-state index in [0.717, 1.165) is 5.75 Å². The highest BCUT2D eigenvalue weighted by Gasteiger charge is 2.10. The maximum atomic E-state index is 5.34. The Morgan fingerprint density at radius 3 is 1.89 bits per heavy atom. The number of hydrogen-bond acceptors (Lipinski definition) is 1. The van der Waals surface area contributed by atoms with Crippen LogP contribution < -0.4 is 4.74 Å². The quantitative estimate of drug-likeness (QED) is 0.367. The molecule has 0 N–H and O–H groups in total. The summed E-state index contributed by atoms with van der Waals surface area (Å²) in [7, 11) is 1.71. The predicted molar refractivity (Wildman–Crippen MR) is 119 cm³/mol. The van der Waals surface area contributed by atoms with E-state index in [-0.39, 0.29) is 0 Å². The number of fused-ring (bicyclic) bond motifs is 1. The Morgan fingerprint density at radius 1 is 0.714 bits per heavy atom. The van der Waals surface area contributed by atoms with Crippen molar-refractivity contribution in [1.82, 2.24) is 0 Å². The Bertz CT molecular complexity index is 1050. The number of methoxy groups -OCH3 is 1. The van der Waals surface area contributed by atoms with Gasteiger partial charge >= 0.3 is 0 Å². The molecule has 4 rings (SSSR count). The minimum atomic E-state index is 0.293. The molecule has 4 aromatic rings. The zero-order valence-corrected chi connectivity index (χ0v) is 16.3. The summed E-state index contributed by atoms with van der Waals surface area (Å²) in [6, 6.07) is 34.1. The fraction of sp³-hybridized carbons (Fsp3) is 0.111. The lowest BCUT2D eigenvalue weighted by Crippen LogP contribution is -1.94. The average molecular weight is 364 g/mol. The summed E-state index contributed by atoms with van der Waals surface area (Å²) in [4.78, 5) is 0. The maximum absolute atomic E-state index is 5.34. The molecular weight excluding hydrogens is 340 g/mol. The molecule has 0 fully saturated rings. The highest BCUT2D eigenvalue weighted by Crippen LogP contribution is 2.30. The molecule has 0 unspecified atom stereocenters. The van der Waals surface area contributed by atoms with Gasteiger partial charge in [0.05, 0.1) is 7.11 Å². The topological polar surface area (TPSA) is 9.23 Å². The fourth-order valence-corrected chi connectivity index (χ4v) is 3.59. The molecule has 0 aliphatic heterocycles. The van der Waals surface area contributed by atoms with Crippen molar-refractivity contribution in [1.29, 1.82) is 0 Å².